The van der Waals surface area contributed by atoms with Crippen LogP contribution in [0.15, 0.2) is 6.33 Å². The van der Waals surface area contributed by atoms with Crippen LogP contribution in [0.25, 0.3) is 0 Å². The van der Waals surface area contributed by atoms with Gasteiger partial charge < -0.3 is 10.2 Å². The first-order chi connectivity index (χ1) is 8.98. The van der Waals surface area contributed by atoms with E-state index < -0.39 is 5.92 Å². The molecule has 2 heterocycles. The Morgan fingerprint density at radius 1 is 1.47 bits per heavy atom. The summed E-state index contributed by atoms with van der Waals surface area (Å²) in [6.07, 6.45) is 1.49. The van der Waals surface area contributed by atoms with Crippen LogP contribution in [-0.2, 0) is 13.5 Å². The molecule has 0 saturated carbocycles. The average Bonchev–Trinajstić information content (AvgIpc) is 2.75. The second kappa shape index (κ2) is 5.50. The molecule has 1 aliphatic heterocycles. The van der Waals surface area contributed by atoms with Crippen LogP contribution >= 0.6 is 0 Å². The molecule has 1 aromatic heterocycles. The van der Waals surface area contributed by atoms with Gasteiger partial charge >= 0.3 is 6.03 Å². The number of piperidine rings is 1. The Kier molecular flexibility index (Phi) is 3.96. The molecule has 0 bridgehead atoms. The number of urea groups is 1. The minimum absolute atomic E-state index is 0.1000. The molecule has 0 spiro atoms. The molecule has 0 aliphatic carbocycles. The topological polar surface area (TPSA) is 63.1 Å². The highest BCUT2D eigenvalue weighted by molar-refractivity contribution is 5.74. The Morgan fingerprint density at radius 3 is 2.74 bits per heavy atom. The Morgan fingerprint density at radius 2 is 2.16 bits per heavy atom. The molecule has 1 N–H and O–H groups in total. The largest absolute Gasteiger partial charge is 0.338 e. The van der Waals surface area contributed by atoms with Crippen molar-refractivity contribution in [3.8, 4) is 0 Å². The molecule has 1 aliphatic rings. The molecule has 0 radical (unpaired) electrons. The fourth-order valence-corrected chi connectivity index (χ4v) is 1.98. The number of likely N-dealkylation sites (tertiary alicyclic amines) is 1. The highest BCUT2D eigenvalue weighted by Crippen LogP contribution is 2.27. The monoisotopic (exact) mass is 273 g/mol. The summed E-state index contributed by atoms with van der Waals surface area (Å²) in [5, 5.41) is 6.63. The lowest BCUT2D eigenvalue weighted by molar-refractivity contribution is -0.0469. The van der Waals surface area contributed by atoms with Crippen LogP contribution in [0.4, 0.5) is 13.6 Å². The molecule has 1 saturated heterocycles. The van der Waals surface area contributed by atoms with Crippen molar-refractivity contribution in [3.63, 3.8) is 0 Å². The summed E-state index contributed by atoms with van der Waals surface area (Å²) < 4.78 is 27.5. The first kappa shape index (κ1) is 13.7. The summed E-state index contributed by atoms with van der Waals surface area (Å²) in [4.78, 5) is 17.2. The van der Waals surface area contributed by atoms with Crippen LogP contribution in [0, 0.1) is 0 Å². The van der Waals surface area contributed by atoms with E-state index in [2.05, 4.69) is 15.4 Å². The van der Waals surface area contributed by atoms with E-state index in [1.807, 2.05) is 0 Å². The van der Waals surface area contributed by atoms with E-state index in [1.165, 1.54) is 11.2 Å². The van der Waals surface area contributed by atoms with Crippen LogP contribution in [0.5, 0.6) is 0 Å². The van der Waals surface area contributed by atoms with E-state index in [9.17, 15) is 13.6 Å². The van der Waals surface area contributed by atoms with Crippen LogP contribution in [0.1, 0.15) is 18.7 Å². The van der Waals surface area contributed by atoms with Gasteiger partial charge in [-0.3, -0.25) is 4.68 Å². The second-order valence-corrected chi connectivity index (χ2v) is 4.62. The Hall–Kier alpha value is -1.73. The molecule has 0 aromatic carbocycles. The normalized spacial score (nSPS) is 18.4. The summed E-state index contributed by atoms with van der Waals surface area (Å²) in [5.74, 6) is -1.86. The molecule has 2 amide bonds. The Bertz CT molecular complexity index is 438. The lowest BCUT2D eigenvalue weighted by Crippen LogP contribution is -2.47. The highest BCUT2D eigenvalue weighted by atomic mass is 19.3. The number of halogens is 2. The first-order valence-electron chi connectivity index (χ1n) is 6.21. The zero-order chi connectivity index (χ0) is 13.9. The smallest absolute Gasteiger partial charge is 0.317 e. The molecular formula is C11H17F2N5O. The van der Waals surface area contributed by atoms with E-state index in [0.29, 0.717) is 13.0 Å². The number of rotatable bonds is 3. The van der Waals surface area contributed by atoms with E-state index in [-0.39, 0.29) is 32.0 Å². The number of amides is 2. The quantitative estimate of drug-likeness (QED) is 0.886. The zero-order valence-electron chi connectivity index (χ0n) is 10.8. The maximum atomic E-state index is 12.9. The number of hydrogen-bond acceptors (Lipinski definition) is 3. The van der Waals surface area contributed by atoms with Crippen LogP contribution in [-0.4, -0.2) is 51.3 Å². The average molecular weight is 273 g/mol. The van der Waals surface area contributed by atoms with Gasteiger partial charge in [-0.1, -0.05) is 0 Å². The molecule has 0 atom stereocenters. The van der Waals surface area contributed by atoms with Crippen molar-refractivity contribution in [3.05, 3.63) is 12.2 Å². The van der Waals surface area contributed by atoms with Gasteiger partial charge in [0.1, 0.15) is 12.2 Å². The molecule has 1 aromatic rings. The second-order valence-electron chi connectivity index (χ2n) is 4.62. The van der Waals surface area contributed by atoms with Crippen molar-refractivity contribution >= 4 is 6.03 Å². The molecule has 0 unspecified atom stereocenters. The van der Waals surface area contributed by atoms with Crippen molar-refractivity contribution in [2.24, 2.45) is 7.05 Å². The molecular weight excluding hydrogens is 256 g/mol. The minimum Gasteiger partial charge on any atom is -0.338 e. The van der Waals surface area contributed by atoms with Gasteiger partial charge in [-0.2, -0.15) is 5.10 Å². The molecule has 19 heavy (non-hydrogen) atoms. The van der Waals surface area contributed by atoms with Crippen molar-refractivity contribution < 1.29 is 13.6 Å². The first-order valence-corrected chi connectivity index (χ1v) is 6.21. The maximum absolute atomic E-state index is 12.9. The van der Waals surface area contributed by atoms with Gasteiger partial charge in [0.2, 0.25) is 0 Å². The number of aromatic nitrogens is 3. The number of alkyl halides is 2. The van der Waals surface area contributed by atoms with Crippen molar-refractivity contribution in [2.45, 2.75) is 25.2 Å². The lowest BCUT2D eigenvalue weighted by atomic mass is 10.1. The van der Waals surface area contributed by atoms with Gasteiger partial charge in [0.15, 0.2) is 0 Å². The number of hydrogen-bond donors (Lipinski definition) is 1. The molecule has 1 fully saturated rings. The minimum atomic E-state index is -2.63. The van der Waals surface area contributed by atoms with Crippen molar-refractivity contribution in [2.75, 3.05) is 19.6 Å². The van der Waals surface area contributed by atoms with E-state index in [1.54, 1.807) is 11.7 Å². The predicted octanol–water partition coefficient (Wildman–Crippen LogP) is 0.798. The van der Waals surface area contributed by atoms with E-state index >= 15 is 0 Å². The molecule has 8 heteroatoms. The zero-order valence-corrected chi connectivity index (χ0v) is 10.8. The fraction of sp³-hybridized carbons (Fsp3) is 0.727. The summed E-state index contributed by atoms with van der Waals surface area (Å²) in [7, 11) is 1.77. The SMILES string of the molecule is Cn1ncnc1CCNC(=O)N1CCC(F)(F)CC1. The van der Waals surface area contributed by atoms with Crippen LogP contribution in [0.3, 0.4) is 0 Å². The third kappa shape index (κ3) is 3.62. The van der Waals surface area contributed by atoms with Gasteiger partial charge in [0.25, 0.3) is 5.92 Å². The van der Waals surface area contributed by atoms with Crippen molar-refractivity contribution in [1.29, 1.82) is 0 Å². The van der Waals surface area contributed by atoms with Gasteiger partial charge in [0, 0.05) is 45.9 Å². The summed E-state index contributed by atoms with van der Waals surface area (Å²) >= 11 is 0. The fourth-order valence-electron chi connectivity index (χ4n) is 1.98. The summed E-state index contributed by atoms with van der Waals surface area (Å²) in [6.45, 7) is 0.615. The van der Waals surface area contributed by atoms with Crippen LogP contribution in [0.2, 0.25) is 0 Å². The Balaban J connectivity index is 1.72. The predicted molar refractivity (Wildman–Crippen MR) is 63.9 cm³/mol. The molecule has 106 valence electrons. The van der Waals surface area contributed by atoms with E-state index in [4.69, 9.17) is 0 Å². The number of nitrogens with zero attached hydrogens (tertiary/aromatic N) is 4. The van der Waals surface area contributed by atoms with Gasteiger partial charge in [0.05, 0.1) is 0 Å². The third-order valence-corrected chi connectivity index (χ3v) is 3.21. The number of carbonyl (C=O) groups excluding carboxylic acids is 1. The van der Waals surface area contributed by atoms with Gasteiger partial charge in [-0.05, 0) is 0 Å². The molecule has 6 nitrogen and oxygen atoms in total. The van der Waals surface area contributed by atoms with Crippen molar-refractivity contribution in [1.82, 2.24) is 25.0 Å². The number of nitrogens with one attached hydrogen (secondary N) is 1. The van der Waals surface area contributed by atoms with Gasteiger partial charge in [-0.25, -0.2) is 18.6 Å². The van der Waals surface area contributed by atoms with E-state index in [0.717, 1.165) is 5.82 Å². The number of aryl methyl sites for hydroxylation is 1. The van der Waals surface area contributed by atoms with Gasteiger partial charge in [-0.15, -0.1) is 0 Å². The third-order valence-electron chi connectivity index (χ3n) is 3.21. The highest BCUT2D eigenvalue weighted by Gasteiger charge is 2.35. The maximum Gasteiger partial charge on any atom is 0.317 e. The van der Waals surface area contributed by atoms with Crippen LogP contribution < -0.4 is 5.32 Å². The number of carbonyl (C=O) groups is 1. The Labute approximate surface area is 109 Å². The lowest BCUT2D eigenvalue weighted by Gasteiger charge is -2.31. The molecule has 2 rings (SSSR count). The summed E-state index contributed by atoms with van der Waals surface area (Å²) in [5.41, 5.74) is 0. The standard InChI is InChI=1S/C11H17F2N5O/c1-17-9(15-8-16-17)2-5-14-10(19)18-6-3-11(12,13)4-7-18/h8H,2-7H2,1H3,(H,14,19). The summed E-state index contributed by atoms with van der Waals surface area (Å²) in [6, 6.07) is -0.294.